The largest absolute Gasteiger partial charge is 0.304 e. The first kappa shape index (κ1) is 27.6. The van der Waals surface area contributed by atoms with Crippen LogP contribution in [-0.4, -0.2) is 72.0 Å². The predicted octanol–water partition coefficient (Wildman–Crippen LogP) is 3.33. The second-order valence-corrected chi connectivity index (χ2v) is 11.9. The zero-order chi connectivity index (χ0) is 27.4. The number of nitrogens with two attached hydrogens (primary N) is 1. The molecule has 0 spiro atoms. The van der Waals surface area contributed by atoms with Crippen molar-refractivity contribution in [3.63, 3.8) is 0 Å². The Morgan fingerprint density at radius 2 is 1.92 bits per heavy atom. The van der Waals surface area contributed by atoms with Crippen LogP contribution in [0, 0.1) is 17.2 Å². The first-order valence-electron chi connectivity index (χ1n) is 13.6. The molecule has 204 valence electrons. The summed E-state index contributed by atoms with van der Waals surface area (Å²) in [5, 5.41) is 9.57. The van der Waals surface area contributed by atoms with Crippen molar-refractivity contribution < 1.29 is 4.79 Å². The summed E-state index contributed by atoms with van der Waals surface area (Å²) < 4.78 is 1.03. The lowest BCUT2D eigenvalue weighted by molar-refractivity contribution is -0.117. The van der Waals surface area contributed by atoms with Crippen molar-refractivity contribution in [2.45, 2.75) is 32.2 Å². The highest BCUT2D eigenvalue weighted by molar-refractivity contribution is 9.10. The van der Waals surface area contributed by atoms with Gasteiger partial charge in [-0.3, -0.25) is 15.1 Å². The molecule has 1 saturated heterocycles. The van der Waals surface area contributed by atoms with E-state index in [1.165, 1.54) is 18.4 Å². The number of carbonyl (C=O) groups is 1. The molecular weight excluding hydrogens is 556 g/mol. The fraction of sp³-hybridized carbons (Fsp3) is 0.448. The number of aromatic nitrogens is 2. The lowest BCUT2D eigenvalue weighted by Gasteiger charge is -2.39. The Balaban J connectivity index is 1.51. The highest BCUT2D eigenvalue weighted by Crippen LogP contribution is 2.40. The molecule has 1 aromatic carbocycles. The van der Waals surface area contributed by atoms with Crippen LogP contribution in [0.1, 0.15) is 42.6 Å². The van der Waals surface area contributed by atoms with Crippen LogP contribution in [0.5, 0.6) is 0 Å². The van der Waals surface area contributed by atoms with Crippen molar-refractivity contribution in [1.29, 1.82) is 5.26 Å². The number of amides is 1. The Morgan fingerprint density at radius 1 is 1.21 bits per heavy atom. The normalized spacial score (nSPS) is 22.7. The van der Waals surface area contributed by atoms with Crippen LogP contribution >= 0.6 is 15.9 Å². The van der Waals surface area contributed by atoms with Gasteiger partial charge in [0.15, 0.2) is 0 Å². The summed E-state index contributed by atoms with van der Waals surface area (Å²) in [5.41, 5.74) is 6.18. The second-order valence-electron chi connectivity index (χ2n) is 11.0. The van der Waals surface area contributed by atoms with Crippen LogP contribution in [0.15, 0.2) is 52.8 Å². The summed E-state index contributed by atoms with van der Waals surface area (Å²) >= 11 is 3.66. The number of likely N-dealkylation sites (N-methyl/N-ethyl adjacent to an activating group) is 1. The summed E-state index contributed by atoms with van der Waals surface area (Å²) in [4.78, 5) is 26.6. The lowest BCUT2D eigenvalue weighted by Crippen LogP contribution is -2.51. The van der Waals surface area contributed by atoms with E-state index in [-0.39, 0.29) is 11.7 Å². The number of carbonyl (C=O) groups excluding carboxylic acids is 1. The molecule has 2 aliphatic heterocycles. The lowest BCUT2D eigenvalue weighted by atomic mass is 9.95. The minimum absolute atomic E-state index is 0.111. The van der Waals surface area contributed by atoms with Gasteiger partial charge >= 0.3 is 0 Å². The summed E-state index contributed by atoms with van der Waals surface area (Å²) in [5.74, 6) is 6.55. The third-order valence-corrected chi connectivity index (χ3v) is 8.75. The van der Waals surface area contributed by atoms with Gasteiger partial charge in [0.25, 0.3) is 11.7 Å². The number of hydrogen-bond donors (Lipinski definition) is 2. The summed E-state index contributed by atoms with van der Waals surface area (Å²) in [7, 11) is 2.17. The summed E-state index contributed by atoms with van der Waals surface area (Å²) in [6.07, 6.45) is 10.2. The molecule has 3 N–H and O–H groups in total. The third-order valence-electron chi connectivity index (χ3n) is 8.19. The molecule has 2 aromatic rings. The summed E-state index contributed by atoms with van der Waals surface area (Å²) in [6.45, 7) is 6.65. The number of nitrogens with zero attached hydrogens (tertiary/aromatic N) is 6. The third kappa shape index (κ3) is 6.29. The number of benzene rings is 1. The molecule has 5 rings (SSSR count). The maximum Gasteiger partial charge on any atom is 0.270 e. The van der Waals surface area contributed by atoms with Crippen molar-refractivity contribution in [2.75, 3.05) is 46.3 Å². The van der Waals surface area contributed by atoms with Crippen molar-refractivity contribution >= 4 is 33.2 Å². The Bertz CT molecular complexity index is 1300. The van der Waals surface area contributed by atoms with Gasteiger partial charge in [0.1, 0.15) is 23.3 Å². The standard InChI is InChI=1S/C29H35BrN8O/c1-36-10-12-37(13-11-36)17-21-6-8-23(9-7-21)24-14-25(29(39)35-32)20-38(19-24,18-22-4-2-3-5-22)28-26(30)16-33-27(15-31)34-28/h6-9,14,16,20,22H,2-5,10-13,17-19,32H2,1H3/p+1. The van der Waals surface area contributed by atoms with Gasteiger partial charge in [-0.1, -0.05) is 37.1 Å². The first-order valence-corrected chi connectivity index (χ1v) is 14.4. The molecule has 3 aliphatic rings. The monoisotopic (exact) mass is 591 g/mol. The molecule has 3 heterocycles. The zero-order valence-electron chi connectivity index (χ0n) is 22.4. The Kier molecular flexibility index (Phi) is 8.54. The van der Waals surface area contributed by atoms with Crippen molar-refractivity contribution in [2.24, 2.45) is 11.8 Å². The Morgan fingerprint density at radius 3 is 2.59 bits per heavy atom. The van der Waals surface area contributed by atoms with Crippen LogP contribution in [0.25, 0.3) is 5.57 Å². The SMILES string of the molecule is CN1CCN(Cc2ccc(C3=CC(C(=O)NN)=C[N+](CC4CCCC4)(c4nc(C#N)ncc4Br)C3)cc2)CC1. The molecule has 9 nitrogen and oxygen atoms in total. The number of nitrogens with one attached hydrogen (secondary N) is 1. The molecule has 39 heavy (non-hydrogen) atoms. The molecule has 1 aliphatic carbocycles. The van der Waals surface area contributed by atoms with Gasteiger partial charge in [-0.2, -0.15) is 10.2 Å². The van der Waals surface area contributed by atoms with E-state index in [0.29, 0.717) is 32.8 Å². The van der Waals surface area contributed by atoms with Gasteiger partial charge in [-0.05, 0) is 53.0 Å². The molecule has 1 atom stereocenters. The fourth-order valence-electron chi connectivity index (χ4n) is 6.07. The van der Waals surface area contributed by atoms with E-state index in [2.05, 4.69) is 78.5 Å². The highest BCUT2D eigenvalue weighted by Gasteiger charge is 2.41. The van der Waals surface area contributed by atoms with E-state index in [9.17, 15) is 10.1 Å². The summed E-state index contributed by atoms with van der Waals surface area (Å²) in [6, 6.07) is 10.8. The van der Waals surface area contributed by atoms with E-state index in [1.54, 1.807) is 6.20 Å². The van der Waals surface area contributed by atoms with Gasteiger partial charge < -0.3 is 4.90 Å². The van der Waals surface area contributed by atoms with Crippen LogP contribution in [0.4, 0.5) is 5.82 Å². The van der Waals surface area contributed by atoms with Crippen LogP contribution in [-0.2, 0) is 11.3 Å². The Hall–Kier alpha value is -2.94. The van der Waals surface area contributed by atoms with Gasteiger partial charge in [-0.15, -0.1) is 0 Å². The molecule has 1 amide bonds. The molecule has 0 bridgehead atoms. The van der Waals surface area contributed by atoms with E-state index in [1.807, 2.05) is 12.3 Å². The maximum atomic E-state index is 12.9. The average molecular weight is 593 g/mol. The number of hydrogen-bond acceptors (Lipinski definition) is 7. The van der Waals surface area contributed by atoms with E-state index < -0.39 is 0 Å². The Labute approximate surface area is 238 Å². The molecular formula is C29H36BrN8O+. The van der Waals surface area contributed by atoms with Crippen molar-refractivity contribution in [3.8, 4) is 6.07 Å². The maximum absolute atomic E-state index is 12.9. The van der Waals surface area contributed by atoms with Gasteiger partial charge in [0.05, 0.1) is 18.3 Å². The number of quaternary nitrogens is 1. The van der Waals surface area contributed by atoms with Crippen LogP contribution in [0.2, 0.25) is 0 Å². The zero-order valence-corrected chi connectivity index (χ0v) is 24.0. The second kappa shape index (κ2) is 12.1. The number of piperazine rings is 1. The number of rotatable bonds is 7. The van der Waals surface area contributed by atoms with Crippen molar-refractivity contribution in [1.82, 2.24) is 29.7 Å². The highest BCUT2D eigenvalue weighted by atomic mass is 79.9. The minimum atomic E-state index is -0.349. The molecule has 10 heteroatoms. The molecule has 1 saturated carbocycles. The molecule has 0 radical (unpaired) electrons. The van der Waals surface area contributed by atoms with E-state index in [0.717, 1.165) is 63.2 Å². The molecule has 1 unspecified atom stereocenters. The van der Waals surface area contributed by atoms with Gasteiger partial charge in [0.2, 0.25) is 5.82 Å². The van der Waals surface area contributed by atoms with Crippen LogP contribution in [0.3, 0.4) is 0 Å². The van der Waals surface area contributed by atoms with E-state index >= 15 is 0 Å². The topological polar surface area (TPSA) is 111 Å². The van der Waals surface area contributed by atoms with Crippen LogP contribution < -0.4 is 15.8 Å². The number of nitriles is 1. The molecule has 2 fully saturated rings. The van der Waals surface area contributed by atoms with Gasteiger partial charge in [-0.25, -0.2) is 15.3 Å². The van der Waals surface area contributed by atoms with Gasteiger partial charge in [0, 0.05) is 44.2 Å². The predicted molar refractivity (Wildman–Crippen MR) is 156 cm³/mol. The fourth-order valence-corrected chi connectivity index (χ4v) is 6.62. The van der Waals surface area contributed by atoms with E-state index in [4.69, 9.17) is 5.84 Å². The first-order chi connectivity index (χ1) is 18.9. The number of halogens is 1. The smallest absolute Gasteiger partial charge is 0.270 e. The molecule has 1 aromatic heterocycles. The average Bonchev–Trinajstić information content (AvgIpc) is 3.47. The minimum Gasteiger partial charge on any atom is -0.304 e. The number of hydrazine groups is 1. The van der Waals surface area contributed by atoms with Crippen molar-refractivity contribution in [3.05, 3.63) is 69.7 Å². The quantitative estimate of drug-likeness (QED) is 0.220.